The molecule has 1 N–H and O–H groups in total. The molecule has 150 valence electrons. The Morgan fingerprint density at radius 2 is 2.10 bits per heavy atom. The van der Waals surface area contributed by atoms with Crippen molar-refractivity contribution in [2.24, 2.45) is 0 Å². The van der Waals surface area contributed by atoms with Crippen molar-refractivity contribution in [2.75, 3.05) is 26.7 Å². The third-order valence-corrected chi connectivity index (χ3v) is 5.20. The van der Waals surface area contributed by atoms with Gasteiger partial charge >= 0.3 is 0 Å². The summed E-state index contributed by atoms with van der Waals surface area (Å²) in [6.45, 7) is 2.53. The molecule has 1 aromatic carbocycles. The van der Waals surface area contributed by atoms with Gasteiger partial charge in [-0.25, -0.2) is 0 Å². The molecule has 1 fully saturated rings. The fourth-order valence-corrected chi connectivity index (χ4v) is 3.67. The van der Waals surface area contributed by atoms with Crippen molar-refractivity contribution >= 4 is 5.91 Å². The number of carbonyl (C=O) groups is 1. The molecular weight excluding hydrogens is 368 g/mol. The average molecular weight is 392 g/mol. The minimum absolute atomic E-state index is 0.0845. The van der Waals surface area contributed by atoms with E-state index >= 15 is 0 Å². The summed E-state index contributed by atoms with van der Waals surface area (Å²) in [5.41, 5.74) is 2.17. The second kappa shape index (κ2) is 8.87. The molecule has 1 aliphatic rings. The summed E-state index contributed by atoms with van der Waals surface area (Å²) in [5.74, 6) is 1.08. The first-order chi connectivity index (χ1) is 14.2. The zero-order valence-corrected chi connectivity index (χ0v) is 16.4. The molecule has 29 heavy (non-hydrogen) atoms. The van der Waals surface area contributed by atoms with Gasteiger partial charge in [0, 0.05) is 30.6 Å². The van der Waals surface area contributed by atoms with Crippen LogP contribution >= 0.6 is 0 Å². The number of amides is 1. The summed E-state index contributed by atoms with van der Waals surface area (Å²) >= 11 is 0. The van der Waals surface area contributed by atoms with E-state index in [-0.39, 0.29) is 17.6 Å². The summed E-state index contributed by atoms with van der Waals surface area (Å²) in [6.07, 6.45) is 5.71. The molecule has 1 amide bonds. The van der Waals surface area contributed by atoms with E-state index in [2.05, 4.69) is 26.4 Å². The quantitative estimate of drug-likeness (QED) is 0.664. The third-order valence-electron chi connectivity index (χ3n) is 5.20. The topological polar surface area (TPSA) is 80.5 Å². The molecule has 1 unspecified atom stereocenters. The second-order valence-electron chi connectivity index (χ2n) is 7.06. The van der Waals surface area contributed by atoms with Crippen molar-refractivity contribution < 1.29 is 14.1 Å². The molecule has 2 aromatic heterocycles. The number of nitrogens with zero attached hydrogens (tertiary/aromatic N) is 3. The van der Waals surface area contributed by atoms with Gasteiger partial charge < -0.3 is 14.6 Å². The van der Waals surface area contributed by atoms with Crippen LogP contribution in [0.5, 0.6) is 5.75 Å². The summed E-state index contributed by atoms with van der Waals surface area (Å²) in [6, 6.07) is 13.4. The molecular formula is C22H24N4O3. The number of hydrogen-bond acceptors (Lipinski definition) is 6. The van der Waals surface area contributed by atoms with E-state index in [1.807, 2.05) is 30.3 Å². The molecule has 0 radical (unpaired) electrons. The lowest BCUT2D eigenvalue weighted by Gasteiger charge is -2.28. The smallest absolute Gasteiger partial charge is 0.273 e. The van der Waals surface area contributed by atoms with E-state index in [4.69, 9.17) is 9.26 Å². The van der Waals surface area contributed by atoms with Crippen molar-refractivity contribution in [3.63, 3.8) is 0 Å². The molecule has 3 aromatic rings. The van der Waals surface area contributed by atoms with Gasteiger partial charge in [-0.05, 0) is 55.8 Å². The number of pyridine rings is 1. The lowest BCUT2D eigenvalue weighted by molar-refractivity contribution is 0.0929. The Balaban J connectivity index is 1.47. The molecule has 1 aliphatic heterocycles. The first kappa shape index (κ1) is 19.1. The molecule has 7 heteroatoms. The van der Waals surface area contributed by atoms with Crippen LogP contribution in [0.3, 0.4) is 0 Å². The van der Waals surface area contributed by atoms with Crippen LogP contribution in [0.1, 0.15) is 34.9 Å². The van der Waals surface area contributed by atoms with Crippen molar-refractivity contribution in [3.05, 3.63) is 66.1 Å². The van der Waals surface area contributed by atoms with Crippen molar-refractivity contribution in [1.82, 2.24) is 20.4 Å². The predicted molar refractivity (Wildman–Crippen MR) is 109 cm³/mol. The number of carbonyl (C=O) groups excluding carboxylic acids is 1. The molecule has 1 saturated heterocycles. The zero-order valence-electron chi connectivity index (χ0n) is 16.4. The van der Waals surface area contributed by atoms with E-state index < -0.39 is 0 Å². The van der Waals surface area contributed by atoms with Crippen molar-refractivity contribution in [1.29, 1.82) is 0 Å². The highest BCUT2D eigenvalue weighted by atomic mass is 16.5. The van der Waals surface area contributed by atoms with E-state index in [1.54, 1.807) is 25.6 Å². The van der Waals surface area contributed by atoms with E-state index in [0.717, 1.165) is 30.0 Å². The van der Waals surface area contributed by atoms with Gasteiger partial charge in [-0.1, -0.05) is 17.3 Å². The van der Waals surface area contributed by atoms with Gasteiger partial charge in [0.2, 0.25) is 0 Å². The standard InChI is InChI=1S/C22H24N4O3/c1-28-18-8-4-6-16(12-18)20(26-10-2-3-11-26)15-24-22(27)19-13-21(29-25-19)17-7-5-9-23-14-17/h4-9,12-14,20H,2-3,10-11,15H2,1H3,(H,24,27). The van der Waals surface area contributed by atoms with Gasteiger partial charge in [0.05, 0.1) is 13.2 Å². The van der Waals surface area contributed by atoms with Gasteiger partial charge in [-0.2, -0.15) is 0 Å². The summed E-state index contributed by atoms with van der Waals surface area (Å²) in [4.78, 5) is 19.1. The average Bonchev–Trinajstić information content (AvgIpc) is 3.47. The number of benzene rings is 1. The first-order valence-corrected chi connectivity index (χ1v) is 9.78. The minimum Gasteiger partial charge on any atom is -0.497 e. The third kappa shape index (κ3) is 4.46. The fourth-order valence-electron chi connectivity index (χ4n) is 3.67. The zero-order chi connectivity index (χ0) is 20.1. The molecule has 3 heterocycles. The monoisotopic (exact) mass is 392 g/mol. The number of likely N-dealkylation sites (tertiary alicyclic amines) is 1. The molecule has 0 aliphatic carbocycles. The van der Waals surface area contributed by atoms with Crippen molar-refractivity contribution in [3.8, 4) is 17.1 Å². The lowest BCUT2D eigenvalue weighted by atomic mass is 10.0. The van der Waals surface area contributed by atoms with Crippen LogP contribution in [0, 0.1) is 0 Å². The number of hydrogen-bond donors (Lipinski definition) is 1. The maximum Gasteiger partial charge on any atom is 0.273 e. The van der Waals surface area contributed by atoms with E-state index in [1.165, 1.54) is 12.8 Å². The van der Waals surface area contributed by atoms with Gasteiger partial charge in [0.15, 0.2) is 11.5 Å². The molecule has 0 bridgehead atoms. The van der Waals surface area contributed by atoms with Crippen LogP contribution in [-0.2, 0) is 0 Å². The number of rotatable bonds is 7. The van der Waals surface area contributed by atoms with Gasteiger partial charge in [0.25, 0.3) is 5.91 Å². The van der Waals surface area contributed by atoms with Crippen LogP contribution in [-0.4, -0.2) is 47.7 Å². The maximum absolute atomic E-state index is 12.7. The normalized spacial score (nSPS) is 15.2. The highest BCUT2D eigenvalue weighted by molar-refractivity contribution is 5.93. The highest BCUT2D eigenvalue weighted by Crippen LogP contribution is 2.27. The molecule has 7 nitrogen and oxygen atoms in total. The van der Waals surface area contributed by atoms with Crippen LogP contribution in [0.25, 0.3) is 11.3 Å². The Morgan fingerprint density at radius 3 is 2.86 bits per heavy atom. The number of ether oxygens (including phenoxy) is 1. The fraction of sp³-hybridized carbons (Fsp3) is 0.318. The minimum atomic E-state index is -0.254. The molecule has 0 spiro atoms. The van der Waals surface area contributed by atoms with E-state index in [9.17, 15) is 4.79 Å². The highest BCUT2D eigenvalue weighted by Gasteiger charge is 2.25. The maximum atomic E-state index is 12.7. The van der Waals surface area contributed by atoms with E-state index in [0.29, 0.717) is 12.3 Å². The summed E-state index contributed by atoms with van der Waals surface area (Å²) in [5, 5.41) is 6.94. The Bertz CT molecular complexity index is 951. The Labute approximate surface area is 169 Å². The largest absolute Gasteiger partial charge is 0.497 e. The lowest BCUT2D eigenvalue weighted by Crippen LogP contribution is -2.36. The number of aromatic nitrogens is 2. The number of methoxy groups -OCH3 is 1. The Hall–Kier alpha value is -3.19. The van der Waals surface area contributed by atoms with Crippen LogP contribution in [0.4, 0.5) is 0 Å². The summed E-state index contributed by atoms with van der Waals surface area (Å²) < 4.78 is 10.7. The van der Waals surface area contributed by atoms with Crippen LogP contribution in [0.15, 0.2) is 59.4 Å². The first-order valence-electron chi connectivity index (χ1n) is 9.78. The SMILES string of the molecule is COc1cccc(C(CNC(=O)c2cc(-c3cccnc3)on2)N2CCCC2)c1. The van der Waals surface area contributed by atoms with Gasteiger partial charge in [-0.15, -0.1) is 0 Å². The second-order valence-corrected chi connectivity index (χ2v) is 7.06. The van der Waals surface area contributed by atoms with Gasteiger partial charge in [0.1, 0.15) is 5.75 Å². The molecule has 1 atom stereocenters. The van der Waals surface area contributed by atoms with Crippen molar-refractivity contribution in [2.45, 2.75) is 18.9 Å². The predicted octanol–water partition coefficient (Wildman–Crippen LogP) is 3.31. The van der Waals surface area contributed by atoms with Gasteiger partial charge in [-0.3, -0.25) is 14.7 Å². The van der Waals surface area contributed by atoms with Crippen LogP contribution in [0.2, 0.25) is 0 Å². The Kier molecular flexibility index (Phi) is 5.86. The summed E-state index contributed by atoms with van der Waals surface area (Å²) in [7, 11) is 1.66. The molecule has 4 rings (SSSR count). The molecule has 0 saturated carbocycles. The van der Waals surface area contributed by atoms with Crippen LogP contribution < -0.4 is 10.1 Å². The Morgan fingerprint density at radius 1 is 1.24 bits per heavy atom. The number of nitrogens with one attached hydrogen (secondary N) is 1.